The van der Waals surface area contributed by atoms with Gasteiger partial charge in [-0.3, -0.25) is 0 Å². The van der Waals surface area contributed by atoms with Crippen LogP contribution in [0.3, 0.4) is 0 Å². The third-order valence-electron chi connectivity index (χ3n) is 7.67. The molecule has 5 rings (SSSR count). The summed E-state index contributed by atoms with van der Waals surface area (Å²) in [7, 11) is -2.99. The van der Waals surface area contributed by atoms with Gasteiger partial charge >= 0.3 is 0 Å². The molecule has 0 aliphatic heterocycles. The second-order valence-corrected chi connectivity index (χ2v) is 14.0. The number of rotatable bonds is 4. The lowest BCUT2D eigenvalue weighted by atomic mass is 9.72. The molecule has 0 amide bonds. The molecule has 4 aromatic carbocycles. The molecule has 0 radical (unpaired) electrons. The van der Waals surface area contributed by atoms with Crippen LogP contribution in [0.4, 0.5) is 0 Å². The first-order valence-electron chi connectivity index (χ1n) is 12.7. The van der Waals surface area contributed by atoms with Gasteiger partial charge in [0.25, 0.3) is 0 Å². The van der Waals surface area contributed by atoms with Gasteiger partial charge in [0.1, 0.15) is 7.14 Å². The monoisotopic (exact) mass is 478 g/mol. The van der Waals surface area contributed by atoms with Crippen molar-refractivity contribution >= 4 is 17.8 Å². The first-order chi connectivity index (χ1) is 16.8. The number of hydrogen-bond donors (Lipinski definition) is 0. The van der Waals surface area contributed by atoms with Crippen LogP contribution in [0.25, 0.3) is 0 Å². The van der Waals surface area contributed by atoms with E-state index in [-0.39, 0.29) is 22.9 Å². The molecule has 35 heavy (non-hydrogen) atoms. The highest BCUT2D eigenvalue weighted by molar-refractivity contribution is 7.79. The van der Waals surface area contributed by atoms with Gasteiger partial charge < -0.3 is 4.57 Å². The average molecular weight is 479 g/mol. The van der Waals surface area contributed by atoms with Gasteiger partial charge in [-0.1, -0.05) is 137 Å². The van der Waals surface area contributed by atoms with Crippen molar-refractivity contribution in [2.75, 3.05) is 0 Å². The summed E-state index contributed by atoms with van der Waals surface area (Å²) < 4.78 is 15.7. The molecule has 1 aliphatic carbocycles. The second kappa shape index (κ2) is 9.29. The van der Waals surface area contributed by atoms with E-state index in [1.54, 1.807) is 0 Å². The number of benzene rings is 4. The molecule has 1 unspecified atom stereocenters. The van der Waals surface area contributed by atoms with Crippen LogP contribution in [0, 0.1) is 5.92 Å². The third kappa shape index (κ3) is 4.32. The maximum Gasteiger partial charge on any atom is 0.147 e. The Labute approximate surface area is 210 Å². The zero-order valence-electron chi connectivity index (χ0n) is 21.2. The van der Waals surface area contributed by atoms with Gasteiger partial charge in [-0.25, -0.2) is 0 Å². The smallest absolute Gasteiger partial charge is 0.147 e. The minimum atomic E-state index is -2.99. The van der Waals surface area contributed by atoms with Gasteiger partial charge in [-0.05, 0) is 40.0 Å². The van der Waals surface area contributed by atoms with Crippen LogP contribution in [0.15, 0.2) is 109 Å². The fourth-order valence-corrected chi connectivity index (χ4v) is 9.71. The van der Waals surface area contributed by atoms with Crippen molar-refractivity contribution in [3.63, 3.8) is 0 Å². The molecule has 0 heterocycles. The lowest BCUT2D eigenvalue weighted by Gasteiger charge is -2.43. The molecular formula is C33H35OP. The Morgan fingerprint density at radius 2 is 1.23 bits per heavy atom. The zero-order valence-corrected chi connectivity index (χ0v) is 22.1. The van der Waals surface area contributed by atoms with Crippen molar-refractivity contribution in [2.45, 2.75) is 51.1 Å². The minimum absolute atomic E-state index is 0.0302. The number of fused-ring (bicyclic) bond motifs is 1. The van der Waals surface area contributed by atoms with Crippen LogP contribution < -0.4 is 10.6 Å². The Morgan fingerprint density at radius 1 is 0.714 bits per heavy atom. The predicted octanol–water partition coefficient (Wildman–Crippen LogP) is 7.69. The van der Waals surface area contributed by atoms with E-state index in [1.165, 1.54) is 22.3 Å². The molecule has 178 valence electrons. The van der Waals surface area contributed by atoms with E-state index in [4.69, 9.17) is 0 Å². The zero-order chi connectivity index (χ0) is 24.6. The maximum atomic E-state index is 15.7. The summed E-state index contributed by atoms with van der Waals surface area (Å²) in [5.41, 5.74) is 5.35. The maximum absolute atomic E-state index is 15.7. The molecule has 0 spiro atoms. The molecule has 0 saturated heterocycles. The summed E-state index contributed by atoms with van der Waals surface area (Å²) in [4.78, 5) is 0. The summed E-state index contributed by atoms with van der Waals surface area (Å²) in [6.07, 6.45) is 0.942. The van der Waals surface area contributed by atoms with E-state index in [1.807, 2.05) is 36.4 Å². The highest BCUT2D eigenvalue weighted by Crippen LogP contribution is 2.60. The van der Waals surface area contributed by atoms with Gasteiger partial charge in [-0.15, -0.1) is 0 Å². The van der Waals surface area contributed by atoms with Crippen LogP contribution in [-0.2, 0) is 16.4 Å². The summed E-state index contributed by atoms with van der Waals surface area (Å²) in [6.45, 7) is 9.12. The summed E-state index contributed by atoms with van der Waals surface area (Å²) in [5.74, 6) is 0.322. The summed E-state index contributed by atoms with van der Waals surface area (Å²) >= 11 is 0. The molecule has 2 heteroatoms. The molecule has 0 N–H and O–H groups in total. The predicted molar refractivity (Wildman–Crippen MR) is 150 cm³/mol. The van der Waals surface area contributed by atoms with Crippen molar-refractivity contribution in [3.8, 4) is 0 Å². The minimum Gasteiger partial charge on any atom is -0.313 e. The van der Waals surface area contributed by atoms with E-state index in [0.717, 1.165) is 17.0 Å². The van der Waals surface area contributed by atoms with Gasteiger partial charge in [0.05, 0.1) is 0 Å². The first-order valence-corrected chi connectivity index (χ1v) is 14.5. The first kappa shape index (κ1) is 23.8. The topological polar surface area (TPSA) is 17.1 Å². The number of hydrogen-bond acceptors (Lipinski definition) is 1. The molecule has 0 saturated carbocycles. The molecule has 1 nitrogen and oxygen atoms in total. The average Bonchev–Trinajstić information content (AvgIpc) is 2.88. The second-order valence-electron chi connectivity index (χ2n) is 11.1. The molecule has 0 aromatic heterocycles. The van der Waals surface area contributed by atoms with E-state index in [2.05, 4.69) is 100 Å². The highest BCUT2D eigenvalue weighted by Gasteiger charge is 2.48. The van der Waals surface area contributed by atoms with Gasteiger partial charge in [0.2, 0.25) is 0 Å². The molecule has 0 fully saturated rings. The Balaban J connectivity index is 1.81. The molecule has 4 aromatic rings. The fraction of sp³-hybridized carbons (Fsp3) is 0.273. The third-order valence-corrected chi connectivity index (χ3v) is 11.4. The Kier molecular flexibility index (Phi) is 6.32. The molecular weight excluding hydrogens is 443 g/mol. The van der Waals surface area contributed by atoms with Gasteiger partial charge in [-0.2, -0.15) is 0 Å². The van der Waals surface area contributed by atoms with Gasteiger partial charge in [0, 0.05) is 22.2 Å². The van der Waals surface area contributed by atoms with Crippen LogP contribution in [0.1, 0.15) is 55.9 Å². The SMILES string of the molecule is CC1Cc2ccc(C(C)(C)C)cc2[C@@H](c2ccccc2)[C@@H]1P(=O)(c1ccccc1)c1ccccc1. The van der Waals surface area contributed by atoms with Crippen molar-refractivity contribution in [3.05, 3.63) is 131 Å². The quantitative estimate of drug-likeness (QED) is 0.275. The lowest BCUT2D eigenvalue weighted by Crippen LogP contribution is -2.39. The van der Waals surface area contributed by atoms with Crippen LogP contribution in [0.5, 0.6) is 0 Å². The highest BCUT2D eigenvalue weighted by atomic mass is 31.2. The standard InChI is InChI=1S/C33H35OP/c1-24-22-26-20-21-27(33(2,3)4)23-30(26)31(25-14-8-5-9-15-25)32(24)35(34,28-16-10-6-11-17-28)29-18-12-7-13-19-29/h5-21,23-24,31-32H,22H2,1-4H3/t24?,31-,32-/m1/s1. The fourth-order valence-electron chi connectivity index (χ4n) is 5.91. The van der Waals surface area contributed by atoms with Crippen molar-refractivity contribution < 1.29 is 4.57 Å². The van der Waals surface area contributed by atoms with Gasteiger partial charge in [0.15, 0.2) is 0 Å². The summed E-state index contributed by atoms with van der Waals surface area (Å²) in [5, 5.41) is 1.92. The Hall–Kier alpha value is -2.89. The van der Waals surface area contributed by atoms with Crippen LogP contribution in [-0.4, -0.2) is 5.66 Å². The largest absolute Gasteiger partial charge is 0.313 e. The molecule has 0 bridgehead atoms. The van der Waals surface area contributed by atoms with E-state index in [9.17, 15) is 0 Å². The Bertz CT molecular complexity index is 1290. The van der Waals surface area contributed by atoms with Crippen molar-refractivity contribution in [2.24, 2.45) is 5.92 Å². The van der Waals surface area contributed by atoms with E-state index in [0.29, 0.717) is 0 Å². The van der Waals surface area contributed by atoms with Crippen molar-refractivity contribution in [1.82, 2.24) is 0 Å². The lowest BCUT2D eigenvalue weighted by molar-refractivity contribution is 0.453. The van der Waals surface area contributed by atoms with Crippen molar-refractivity contribution in [1.29, 1.82) is 0 Å². The Morgan fingerprint density at radius 3 is 1.74 bits per heavy atom. The molecule has 3 atom stereocenters. The van der Waals surface area contributed by atoms with Crippen LogP contribution >= 0.6 is 7.14 Å². The summed E-state index contributed by atoms with van der Waals surface area (Å²) in [6, 6.07) is 38.2. The van der Waals surface area contributed by atoms with E-state index >= 15 is 4.57 Å². The van der Waals surface area contributed by atoms with E-state index < -0.39 is 7.14 Å². The molecule has 1 aliphatic rings. The van der Waals surface area contributed by atoms with Crippen LogP contribution in [0.2, 0.25) is 0 Å². The normalized spacial score (nSPS) is 20.3.